The number of oxazole rings is 1. The highest BCUT2D eigenvalue weighted by Gasteiger charge is 2.37. The number of nitrogens with one attached hydrogen (secondary N) is 1. The van der Waals surface area contributed by atoms with Crippen LogP contribution in [-0.4, -0.2) is 52.0 Å². The van der Waals surface area contributed by atoms with Crippen molar-refractivity contribution in [1.29, 1.82) is 0 Å². The Morgan fingerprint density at radius 2 is 2.04 bits per heavy atom. The van der Waals surface area contributed by atoms with Crippen molar-refractivity contribution in [2.75, 3.05) is 13.1 Å². The molecule has 0 spiro atoms. The third-order valence-corrected chi connectivity index (χ3v) is 5.38. The summed E-state index contributed by atoms with van der Waals surface area (Å²) >= 11 is 0. The van der Waals surface area contributed by atoms with E-state index in [4.69, 9.17) is 9.52 Å². The maximum Gasteiger partial charge on any atom is 0.317 e. The van der Waals surface area contributed by atoms with Gasteiger partial charge in [0, 0.05) is 36.9 Å². The number of carboxylic acid groups (broad SMARTS) is 1. The Morgan fingerprint density at radius 1 is 1.33 bits per heavy atom. The molecule has 0 unspecified atom stereocenters. The summed E-state index contributed by atoms with van der Waals surface area (Å²) in [6.45, 7) is 7.16. The first-order valence-electron chi connectivity index (χ1n) is 9.91. The second kappa shape index (κ2) is 8.00. The molecule has 27 heavy (non-hydrogen) atoms. The van der Waals surface area contributed by atoms with Crippen LogP contribution in [0.5, 0.6) is 0 Å². The van der Waals surface area contributed by atoms with Gasteiger partial charge < -0.3 is 14.8 Å². The van der Waals surface area contributed by atoms with Crippen LogP contribution in [0.2, 0.25) is 0 Å². The van der Waals surface area contributed by atoms with Crippen LogP contribution < -0.4 is 5.32 Å². The Morgan fingerprint density at radius 3 is 2.59 bits per heavy atom. The Labute approximate surface area is 160 Å². The molecule has 150 valence electrons. The highest BCUT2D eigenvalue weighted by atomic mass is 16.4. The molecule has 1 aromatic heterocycles. The maximum absolute atomic E-state index is 12.2. The zero-order valence-electron chi connectivity index (χ0n) is 16.5. The van der Waals surface area contributed by atoms with Gasteiger partial charge in [0.05, 0.1) is 12.7 Å². The van der Waals surface area contributed by atoms with Crippen LogP contribution in [0.1, 0.15) is 64.5 Å². The van der Waals surface area contributed by atoms with E-state index < -0.39 is 5.97 Å². The number of hydrogen-bond donors (Lipinski definition) is 2. The van der Waals surface area contributed by atoms with Crippen LogP contribution in [-0.2, 0) is 21.4 Å². The van der Waals surface area contributed by atoms with Gasteiger partial charge in [-0.05, 0) is 31.6 Å². The fraction of sp³-hybridized carbons (Fsp3) is 0.750. The molecule has 0 radical (unpaired) electrons. The largest absolute Gasteiger partial charge is 0.480 e. The minimum atomic E-state index is -0.774. The first kappa shape index (κ1) is 19.9. The second-order valence-electron chi connectivity index (χ2n) is 9.02. The molecule has 2 N–H and O–H groups in total. The number of aromatic nitrogens is 1. The lowest BCUT2D eigenvalue weighted by atomic mass is 9.85. The van der Waals surface area contributed by atoms with E-state index in [2.05, 4.69) is 36.0 Å². The van der Waals surface area contributed by atoms with E-state index in [1.54, 1.807) is 6.20 Å². The topological polar surface area (TPSA) is 95.7 Å². The van der Waals surface area contributed by atoms with Gasteiger partial charge in [-0.15, -0.1) is 0 Å². The van der Waals surface area contributed by atoms with Crippen molar-refractivity contribution in [3.05, 3.63) is 17.8 Å². The normalized spacial score (nSPS) is 22.5. The van der Waals surface area contributed by atoms with Gasteiger partial charge in [0.25, 0.3) is 0 Å². The van der Waals surface area contributed by atoms with Gasteiger partial charge in [0.2, 0.25) is 5.91 Å². The molecular formula is C20H31N3O4. The second-order valence-corrected chi connectivity index (χ2v) is 9.02. The van der Waals surface area contributed by atoms with E-state index in [9.17, 15) is 9.59 Å². The standard InChI is InChI=1S/C20H31N3O4/c1-20(2,3)16-10-21-18(27-16)7-6-17(24)22-14-8-15(9-14)23(12-19(25)26)11-13-4-5-13/h10,13-15H,4-9,11-12H2,1-3H3,(H,22,24)(H,25,26). The molecular weight excluding hydrogens is 346 g/mol. The summed E-state index contributed by atoms with van der Waals surface area (Å²) in [7, 11) is 0. The molecule has 0 bridgehead atoms. The van der Waals surface area contributed by atoms with E-state index in [0.29, 0.717) is 24.7 Å². The van der Waals surface area contributed by atoms with Gasteiger partial charge in [-0.2, -0.15) is 0 Å². The van der Waals surface area contributed by atoms with Gasteiger partial charge in [-0.25, -0.2) is 4.98 Å². The molecule has 3 rings (SSSR count). The molecule has 2 aliphatic rings. The minimum absolute atomic E-state index is 0.000867. The Kier molecular flexibility index (Phi) is 5.89. The van der Waals surface area contributed by atoms with Crippen molar-refractivity contribution in [3.63, 3.8) is 0 Å². The van der Waals surface area contributed by atoms with Crippen LogP contribution in [0.15, 0.2) is 10.6 Å². The van der Waals surface area contributed by atoms with Crippen LogP contribution in [0.3, 0.4) is 0 Å². The average molecular weight is 377 g/mol. The highest BCUT2D eigenvalue weighted by Crippen LogP contribution is 2.33. The molecule has 0 saturated heterocycles. The van der Waals surface area contributed by atoms with Gasteiger partial charge in [0.15, 0.2) is 5.89 Å². The minimum Gasteiger partial charge on any atom is -0.480 e. The number of carbonyl (C=O) groups excluding carboxylic acids is 1. The van der Waals surface area contributed by atoms with Gasteiger partial charge in [-0.1, -0.05) is 20.8 Å². The number of aryl methyl sites for hydroxylation is 1. The molecule has 0 aliphatic heterocycles. The number of aliphatic carboxylic acids is 1. The molecule has 2 saturated carbocycles. The summed E-state index contributed by atoms with van der Waals surface area (Å²) in [5.41, 5.74) is -0.0866. The maximum atomic E-state index is 12.2. The van der Waals surface area contributed by atoms with Crippen molar-refractivity contribution in [1.82, 2.24) is 15.2 Å². The van der Waals surface area contributed by atoms with Gasteiger partial charge >= 0.3 is 5.97 Å². The monoisotopic (exact) mass is 377 g/mol. The quantitative estimate of drug-likeness (QED) is 0.686. The van der Waals surface area contributed by atoms with E-state index in [-0.39, 0.29) is 30.0 Å². The number of rotatable bonds is 9. The van der Waals surface area contributed by atoms with E-state index >= 15 is 0 Å². The number of carbonyl (C=O) groups is 2. The lowest BCUT2D eigenvalue weighted by Gasteiger charge is -2.42. The highest BCUT2D eigenvalue weighted by molar-refractivity contribution is 5.76. The van der Waals surface area contributed by atoms with Gasteiger partial charge in [0.1, 0.15) is 5.76 Å². The fourth-order valence-corrected chi connectivity index (χ4v) is 3.45. The first-order valence-corrected chi connectivity index (χ1v) is 9.91. The molecule has 2 fully saturated rings. The molecule has 1 aromatic rings. The SMILES string of the molecule is CC(C)(C)c1cnc(CCC(=O)NC2CC(N(CC(=O)O)CC3CC3)C2)o1. The van der Waals surface area contributed by atoms with Crippen molar-refractivity contribution in [3.8, 4) is 0 Å². The predicted octanol–water partition coefficient (Wildman–Crippen LogP) is 2.35. The summed E-state index contributed by atoms with van der Waals surface area (Å²) in [6.07, 6.45) is 6.66. The Hall–Kier alpha value is -1.89. The predicted molar refractivity (Wildman–Crippen MR) is 100 cm³/mol. The summed E-state index contributed by atoms with van der Waals surface area (Å²) in [4.78, 5) is 29.6. The van der Waals surface area contributed by atoms with Gasteiger partial charge in [-0.3, -0.25) is 14.5 Å². The third-order valence-electron chi connectivity index (χ3n) is 5.38. The molecule has 1 amide bonds. The zero-order valence-corrected chi connectivity index (χ0v) is 16.5. The van der Waals surface area contributed by atoms with E-state index in [1.165, 1.54) is 12.8 Å². The lowest BCUT2D eigenvalue weighted by molar-refractivity contribution is -0.140. The molecule has 1 heterocycles. The molecule has 7 heteroatoms. The summed E-state index contributed by atoms with van der Waals surface area (Å²) in [5.74, 6) is 1.31. The van der Waals surface area contributed by atoms with Crippen molar-refractivity contribution < 1.29 is 19.1 Å². The van der Waals surface area contributed by atoms with Crippen LogP contribution >= 0.6 is 0 Å². The summed E-state index contributed by atoms with van der Waals surface area (Å²) in [5, 5.41) is 12.1. The number of hydrogen-bond acceptors (Lipinski definition) is 5. The number of amides is 1. The fourth-order valence-electron chi connectivity index (χ4n) is 3.45. The molecule has 2 aliphatic carbocycles. The third kappa shape index (κ3) is 5.79. The van der Waals surface area contributed by atoms with E-state index in [0.717, 1.165) is 25.1 Å². The smallest absolute Gasteiger partial charge is 0.317 e. The average Bonchev–Trinajstić information content (AvgIpc) is 3.19. The number of nitrogens with zero attached hydrogens (tertiary/aromatic N) is 2. The molecule has 0 atom stereocenters. The van der Waals surface area contributed by atoms with E-state index in [1.807, 2.05) is 0 Å². The summed E-state index contributed by atoms with van der Waals surface area (Å²) < 4.78 is 5.72. The van der Waals surface area contributed by atoms with Crippen LogP contribution in [0.4, 0.5) is 0 Å². The van der Waals surface area contributed by atoms with Crippen LogP contribution in [0.25, 0.3) is 0 Å². The zero-order chi connectivity index (χ0) is 19.6. The van der Waals surface area contributed by atoms with Crippen molar-refractivity contribution >= 4 is 11.9 Å². The molecule has 7 nitrogen and oxygen atoms in total. The van der Waals surface area contributed by atoms with Crippen molar-refractivity contribution in [2.45, 2.75) is 76.8 Å². The lowest BCUT2D eigenvalue weighted by Crippen LogP contribution is -2.55. The molecule has 0 aromatic carbocycles. The van der Waals surface area contributed by atoms with Crippen LogP contribution in [0, 0.1) is 5.92 Å². The Bertz CT molecular complexity index is 669. The summed E-state index contributed by atoms with van der Waals surface area (Å²) in [6, 6.07) is 0.417. The first-order chi connectivity index (χ1) is 12.7. The number of carboxylic acids is 1. The Balaban J connectivity index is 1.38. The van der Waals surface area contributed by atoms with Crippen molar-refractivity contribution in [2.24, 2.45) is 5.92 Å².